The molecule has 1 aromatic carbocycles. The lowest BCUT2D eigenvalue weighted by Gasteiger charge is -2.13. The Bertz CT molecular complexity index is 365. The van der Waals surface area contributed by atoms with Gasteiger partial charge >= 0.3 is 6.18 Å². The molecule has 16 heavy (non-hydrogen) atoms. The van der Waals surface area contributed by atoms with Crippen LogP contribution >= 0.6 is 11.6 Å². The van der Waals surface area contributed by atoms with Crippen LogP contribution in [0.3, 0.4) is 0 Å². The van der Waals surface area contributed by atoms with E-state index in [1.165, 1.54) is 6.92 Å². The maximum atomic E-state index is 12.3. The molecule has 6 heteroatoms. The molecule has 0 aliphatic heterocycles. The van der Waals surface area contributed by atoms with Gasteiger partial charge in [0.05, 0.1) is 11.7 Å². The lowest BCUT2D eigenvalue weighted by Crippen LogP contribution is -2.08. The van der Waals surface area contributed by atoms with Crippen molar-refractivity contribution in [3.05, 3.63) is 28.3 Å². The van der Waals surface area contributed by atoms with Gasteiger partial charge in [0.1, 0.15) is 5.75 Å². The third-order valence-corrected chi connectivity index (χ3v) is 2.34. The van der Waals surface area contributed by atoms with Gasteiger partial charge in [-0.05, 0) is 19.1 Å². The molecule has 0 saturated heterocycles. The largest absolute Gasteiger partial charge is 0.508 e. The van der Waals surface area contributed by atoms with Gasteiger partial charge in [-0.1, -0.05) is 11.6 Å². The summed E-state index contributed by atoms with van der Waals surface area (Å²) in [4.78, 5) is 0. The number of halogens is 4. The van der Waals surface area contributed by atoms with Crippen LogP contribution in [0.1, 0.15) is 18.1 Å². The van der Waals surface area contributed by atoms with E-state index in [0.29, 0.717) is 6.07 Å². The molecule has 2 N–H and O–H groups in total. The highest BCUT2D eigenvalue weighted by molar-refractivity contribution is 6.31. The number of benzene rings is 1. The van der Waals surface area contributed by atoms with Gasteiger partial charge in [0, 0.05) is 17.0 Å². The molecule has 0 aliphatic carbocycles. The van der Waals surface area contributed by atoms with Crippen molar-refractivity contribution < 1.29 is 23.4 Å². The second-order valence-electron chi connectivity index (χ2n) is 3.51. The third kappa shape index (κ3) is 3.02. The Kier molecular flexibility index (Phi) is 3.70. The van der Waals surface area contributed by atoms with Crippen molar-refractivity contribution in [1.29, 1.82) is 0 Å². The van der Waals surface area contributed by atoms with Crippen molar-refractivity contribution in [3.63, 3.8) is 0 Å². The lowest BCUT2D eigenvalue weighted by molar-refractivity contribution is -0.137. The van der Waals surface area contributed by atoms with Crippen molar-refractivity contribution in [3.8, 4) is 5.75 Å². The zero-order chi connectivity index (χ0) is 12.5. The molecule has 0 aliphatic rings. The van der Waals surface area contributed by atoms with Crippen LogP contribution in [0.15, 0.2) is 12.1 Å². The summed E-state index contributed by atoms with van der Waals surface area (Å²) < 4.78 is 37.0. The fraction of sp³-hybridized carbons (Fsp3) is 0.400. The minimum Gasteiger partial charge on any atom is -0.508 e. The molecule has 0 bridgehead atoms. The van der Waals surface area contributed by atoms with Gasteiger partial charge < -0.3 is 10.2 Å². The normalized spacial score (nSPS) is 13.9. The number of phenols is 1. The Labute approximate surface area is 95.3 Å². The standard InChI is InChI=1S/C10H10ClF3O2/c1-5(15)2-7-8(11)3-6(4-9(7)16)10(12,13)14/h3-5,15-16H,2H2,1H3. The van der Waals surface area contributed by atoms with Gasteiger partial charge in [-0.15, -0.1) is 0 Å². The van der Waals surface area contributed by atoms with Crippen LogP contribution in [-0.4, -0.2) is 16.3 Å². The van der Waals surface area contributed by atoms with Crippen LogP contribution in [0.25, 0.3) is 0 Å². The van der Waals surface area contributed by atoms with Gasteiger partial charge in [-0.2, -0.15) is 13.2 Å². The van der Waals surface area contributed by atoms with Gasteiger partial charge in [0.2, 0.25) is 0 Å². The molecule has 1 rings (SSSR count). The summed E-state index contributed by atoms with van der Waals surface area (Å²) >= 11 is 5.61. The molecule has 0 heterocycles. The van der Waals surface area contributed by atoms with Crippen molar-refractivity contribution in [2.75, 3.05) is 0 Å². The maximum Gasteiger partial charge on any atom is 0.416 e. The van der Waals surface area contributed by atoms with Crippen molar-refractivity contribution in [2.45, 2.75) is 25.6 Å². The quantitative estimate of drug-likeness (QED) is 0.852. The highest BCUT2D eigenvalue weighted by Gasteiger charge is 2.32. The highest BCUT2D eigenvalue weighted by atomic mass is 35.5. The highest BCUT2D eigenvalue weighted by Crippen LogP contribution is 2.36. The predicted octanol–water partition coefficient (Wildman–Crippen LogP) is 2.99. The predicted molar refractivity (Wildman–Crippen MR) is 53.5 cm³/mol. The molecule has 0 spiro atoms. The average molecular weight is 255 g/mol. The Balaban J connectivity index is 3.18. The van der Waals surface area contributed by atoms with Gasteiger partial charge in [-0.25, -0.2) is 0 Å². The number of aliphatic hydroxyl groups is 1. The first-order valence-electron chi connectivity index (χ1n) is 4.48. The monoisotopic (exact) mass is 254 g/mol. The number of hydrogen-bond donors (Lipinski definition) is 2. The second kappa shape index (κ2) is 4.51. The van der Waals surface area contributed by atoms with Crippen molar-refractivity contribution >= 4 is 11.6 Å². The molecule has 0 amide bonds. The second-order valence-corrected chi connectivity index (χ2v) is 3.91. The first kappa shape index (κ1) is 13.1. The Morgan fingerprint density at radius 2 is 1.94 bits per heavy atom. The maximum absolute atomic E-state index is 12.3. The molecule has 90 valence electrons. The van der Waals surface area contributed by atoms with Gasteiger partial charge in [-0.3, -0.25) is 0 Å². The van der Waals surface area contributed by atoms with Gasteiger partial charge in [0.25, 0.3) is 0 Å². The van der Waals surface area contributed by atoms with Gasteiger partial charge in [0.15, 0.2) is 0 Å². The zero-order valence-electron chi connectivity index (χ0n) is 8.35. The Morgan fingerprint density at radius 1 is 1.38 bits per heavy atom. The van der Waals surface area contributed by atoms with Crippen LogP contribution in [0, 0.1) is 0 Å². The first-order chi connectivity index (χ1) is 7.21. The van der Waals surface area contributed by atoms with Crippen LogP contribution in [0.2, 0.25) is 5.02 Å². The lowest BCUT2D eigenvalue weighted by atomic mass is 10.0. The number of hydrogen-bond acceptors (Lipinski definition) is 2. The molecule has 0 saturated carbocycles. The number of aliphatic hydroxyl groups excluding tert-OH is 1. The molecule has 0 radical (unpaired) electrons. The Morgan fingerprint density at radius 3 is 2.31 bits per heavy atom. The minimum atomic E-state index is -4.55. The van der Waals surface area contributed by atoms with E-state index in [1.54, 1.807) is 0 Å². The Hall–Kier alpha value is -0.940. The topological polar surface area (TPSA) is 40.5 Å². The molecule has 0 fully saturated rings. The van der Waals surface area contributed by atoms with E-state index in [4.69, 9.17) is 16.7 Å². The summed E-state index contributed by atoms with van der Waals surface area (Å²) in [6, 6.07) is 1.34. The molecular formula is C10H10ClF3O2. The van der Waals surface area contributed by atoms with Crippen LogP contribution in [0.4, 0.5) is 13.2 Å². The fourth-order valence-electron chi connectivity index (χ4n) is 1.28. The van der Waals surface area contributed by atoms with E-state index in [2.05, 4.69) is 0 Å². The molecule has 1 unspecified atom stereocenters. The van der Waals surface area contributed by atoms with Crippen LogP contribution in [0.5, 0.6) is 5.75 Å². The summed E-state index contributed by atoms with van der Waals surface area (Å²) in [7, 11) is 0. The van der Waals surface area contributed by atoms with E-state index < -0.39 is 23.6 Å². The van der Waals surface area contributed by atoms with E-state index in [-0.39, 0.29) is 17.0 Å². The first-order valence-corrected chi connectivity index (χ1v) is 4.86. The van der Waals surface area contributed by atoms with Crippen molar-refractivity contribution in [2.24, 2.45) is 0 Å². The molecule has 1 aromatic rings. The SMILES string of the molecule is CC(O)Cc1c(O)cc(C(F)(F)F)cc1Cl. The summed E-state index contributed by atoms with van der Waals surface area (Å²) in [5.41, 5.74) is -0.894. The summed E-state index contributed by atoms with van der Waals surface area (Å²) in [6.07, 6.45) is -5.34. The molecule has 1 atom stereocenters. The van der Waals surface area contributed by atoms with E-state index in [9.17, 15) is 18.3 Å². The summed E-state index contributed by atoms with van der Waals surface area (Å²) in [5, 5.41) is 18.3. The number of alkyl halides is 3. The summed E-state index contributed by atoms with van der Waals surface area (Å²) in [6.45, 7) is 1.45. The molecule has 2 nitrogen and oxygen atoms in total. The van der Waals surface area contributed by atoms with E-state index >= 15 is 0 Å². The number of aromatic hydroxyl groups is 1. The summed E-state index contributed by atoms with van der Waals surface area (Å²) in [5.74, 6) is -0.555. The minimum absolute atomic E-state index is 0.00278. The fourth-order valence-corrected chi connectivity index (χ4v) is 1.57. The smallest absolute Gasteiger partial charge is 0.416 e. The number of phenolic OH excluding ortho intramolecular Hbond substituents is 1. The van der Waals surface area contributed by atoms with Crippen LogP contribution in [-0.2, 0) is 12.6 Å². The number of rotatable bonds is 2. The molecular weight excluding hydrogens is 245 g/mol. The molecule has 0 aromatic heterocycles. The van der Waals surface area contributed by atoms with Crippen LogP contribution < -0.4 is 0 Å². The third-order valence-electron chi connectivity index (χ3n) is 2.00. The average Bonchev–Trinajstić information content (AvgIpc) is 2.09. The van der Waals surface area contributed by atoms with E-state index in [0.717, 1.165) is 6.07 Å². The van der Waals surface area contributed by atoms with E-state index in [1.807, 2.05) is 0 Å². The zero-order valence-corrected chi connectivity index (χ0v) is 9.10. The van der Waals surface area contributed by atoms with Crippen molar-refractivity contribution in [1.82, 2.24) is 0 Å².